The summed E-state index contributed by atoms with van der Waals surface area (Å²) in [5.74, 6) is 0. The van der Waals surface area contributed by atoms with Gasteiger partial charge in [-0.25, -0.2) is 13.1 Å². The van der Waals surface area contributed by atoms with Crippen molar-refractivity contribution in [3.05, 3.63) is 28.2 Å². The second kappa shape index (κ2) is 7.89. The first-order chi connectivity index (χ1) is 8.47. The molecule has 18 heavy (non-hydrogen) atoms. The van der Waals surface area contributed by atoms with Gasteiger partial charge in [-0.2, -0.15) is 0 Å². The molecule has 102 valence electrons. The van der Waals surface area contributed by atoms with Crippen LogP contribution in [0.4, 0.5) is 0 Å². The lowest BCUT2D eigenvalue weighted by atomic mass is 10.3. The monoisotopic (exact) mass is 421 g/mol. The molecule has 0 atom stereocenters. The summed E-state index contributed by atoms with van der Waals surface area (Å²) in [6, 6.07) is 4.40. The summed E-state index contributed by atoms with van der Waals surface area (Å²) >= 11 is 13.9. The molecular formula is C11H14Cl2INO2S. The minimum absolute atomic E-state index is 0.0329. The number of alkyl halides is 1. The third-order valence-electron chi connectivity index (χ3n) is 2.29. The number of hydrogen-bond donors (Lipinski definition) is 1. The summed E-state index contributed by atoms with van der Waals surface area (Å²) in [5.41, 5.74) is 0. The molecule has 0 unspecified atom stereocenters. The third-order valence-corrected chi connectivity index (χ3v) is 5.23. The van der Waals surface area contributed by atoms with E-state index in [4.69, 9.17) is 23.2 Å². The standard InChI is InChI=1S/C11H14Cl2INO2S/c12-9-4-5-10(13)11(8-9)18(16,17)15-7-3-1-2-6-14/h4-5,8,15H,1-3,6-7H2. The fourth-order valence-electron chi connectivity index (χ4n) is 1.36. The lowest BCUT2D eigenvalue weighted by Gasteiger charge is -2.08. The fourth-order valence-corrected chi connectivity index (χ4v) is 3.74. The van der Waals surface area contributed by atoms with E-state index in [1.807, 2.05) is 0 Å². The van der Waals surface area contributed by atoms with Gasteiger partial charge in [0.05, 0.1) is 5.02 Å². The summed E-state index contributed by atoms with van der Waals surface area (Å²) < 4.78 is 27.6. The number of benzene rings is 1. The Morgan fingerprint density at radius 1 is 1.17 bits per heavy atom. The highest BCUT2D eigenvalue weighted by atomic mass is 127. The van der Waals surface area contributed by atoms with Crippen LogP contribution in [0.3, 0.4) is 0 Å². The highest BCUT2D eigenvalue weighted by Crippen LogP contribution is 2.24. The van der Waals surface area contributed by atoms with Crippen molar-refractivity contribution in [1.29, 1.82) is 0 Å². The summed E-state index contributed by atoms with van der Waals surface area (Å²) in [6.07, 6.45) is 2.93. The minimum atomic E-state index is -3.57. The van der Waals surface area contributed by atoms with Gasteiger partial charge in [0, 0.05) is 11.6 Å². The van der Waals surface area contributed by atoms with Crippen molar-refractivity contribution in [3.8, 4) is 0 Å². The number of rotatable bonds is 7. The van der Waals surface area contributed by atoms with Gasteiger partial charge < -0.3 is 0 Å². The van der Waals surface area contributed by atoms with Crippen molar-refractivity contribution in [2.75, 3.05) is 11.0 Å². The first-order valence-electron chi connectivity index (χ1n) is 5.48. The summed E-state index contributed by atoms with van der Waals surface area (Å²) in [6.45, 7) is 0.418. The van der Waals surface area contributed by atoms with Crippen molar-refractivity contribution >= 4 is 55.8 Å². The van der Waals surface area contributed by atoms with E-state index in [1.54, 1.807) is 6.07 Å². The summed E-state index contributed by atoms with van der Waals surface area (Å²) in [5, 5.41) is 0.531. The largest absolute Gasteiger partial charge is 0.242 e. The van der Waals surface area contributed by atoms with Crippen molar-refractivity contribution in [2.24, 2.45) is 0 Å². The number of nitrogens with one attached hydrogen (secondary N) is 1. The van der Waals surface area contributed by atoms with Gasteiger partial charge in [-0.1, -0.05) is 52.2 Å². The molecule has 0 aromatic heterocycles. The molecule has 0 aliphatic rings. The first kappa shape index (κ1) is 16.5. The van der Waals surface area contributed by atoms with Crippen LogP contribution in [0.25, 0.3) is 0 Å². The van der Waals surface area contributed by atoms with E-state index in [0.717, 1.165) is 23.7 Å². The molecule has 7 heteroatoms. The van der Waals surface area contributed by atoms with E-state index in [-0.39, 0.29) is 9.92 Å². The maximum absolute atomic E-state index is 12.0. The zero-order valence-corrected chi connectivity index (χ0v) is 14.1. The van der Waals surface area contributed by atoms with Gasteiger partial charge in [-0.15, -0.1) is 0 Å². The second-order valence-corrected chi connectivity index (χ2v) is 7.38. The molecule has 1 N–H and O–H groups in total. The molecular weight excluding hydrogens is 408 g/mol. The van der Waals surface area contributed by atoms with Crippen molar-refractivity contribution in [2.45, 2.75) is 24.2 Å². The molecule has 0 radical (unpaired) electrons. The number of hydrogen-bond acceptors (Lipinski definition) is 2. The Morgan fingerprint density at radius 3 is 2.56 bits per heavy atom. The molecule has 0 spiro atoms. The third kappa shape index (κ3) is 5.21. The molecule has 0 saturated heterocycles. The molecule has 0 aliphatic carbocycles. The number of unbranched alkanes of at least 4 members (excludes halogenated alkanes) is 2. The molecule has 1 aromatic carbocycles. The Bertz CT molecular complexity index is 494. The molecule has 0 saturated carbocycles. The Kier molecular flexibility index (Phi) is 7.23. The maximum atomic E-state index is 12.0. The van der Waals surface area contributed by atoms with Gasteiger partial charge in [0.15, 0.2) is 0 Å². The molecule has 3 nitrogen and oxygen atoms in total. The predicted molar refractivity (Wildman–Crippen MR) is 84.4 cm³/mol. The number of sulfonamides is 1. The molecule has 0 bridgehead atoms. The van der Waals surface area contributed by atoms with Crippen LogP contribution >= 0.6 is 45.8 Å². The lowest BCUT2D eigenvalue weighted by Crippen LogP contribution is -2.25. The van der Waals surface area contributed by atoms with Crippen LogP contribution in [0, 0.1) is 0 Å². The van der Waals surface area contributed by atoms with E-state index >= 15 is 0 Å². The van der Waals surface area contributed by atoms with Gasteiger partial charge >= 0.3 is 0 Å². The first-order valence-corrected chi connectivity index (χ1v) is 9.24. The van der Waals surface area contributed by atoms with Crippen LogP contribution in [0.1, 0.15) is 19.3 Å². The molecule has 1 rings (SSSR count). The Morgan fingerprint density at radius 2 is 1.89 bits per heavy atom. The van der Waals surface area contributed by atoms with Gasteiger partial charge in [0.2, 0.25) is 10.0 Å². The van der Waals surface area contributed by atoms with Gasteiger partial charge in [-0.3, -0.25) is 0 Å². The molecule has 1 aromatic rings. The SMILES string of the molecule is O=S(=O)(NCCCCCI)c1cc(Cl)ccc1Cl. The predicted octanol–water partition coefficient (Wildman–Crippen LogP) is 3.88. The van der Waals surface area contributed by atoms with E-state index in [2.05, 4.69) is 27.3 Å². The highest BCUT2D eigenvalue weighted by molar-refractivity contribution is 14.1. The van der Waals surface area contributed by atoms with E-state index in [1.165, 1.54) is 12.1 Å². The zero-order valence-electron chi connectivity index (χ0n) is 9.63. The second-order valence-electron chi connectivity index (χ2n) is 3.72. The average molecular weight is 422 g/mol. The van der Waals surface area contributed by atoms with Crippen LogP contribution in [0.5, 0.6) is 0 Å². The van der Waals surface area contributed by atoms with E-state index in [0.29, 0.717) is 11.6 Å². The van der Waals surface area contributed by atoms with Crippen LogP contribution in [0.15, 0.2) is 23.1 Å². The van der Waals surface area contributed by atoms with Crippen LogP contribution < -0.4 is 4.72 Å². The molecule has 0 heterocycles. The summed E-state index contributed by atoms with van der Waals surface area (Å²) in [4.78, 5) is 0.0329. The Balaban J connectivity index is 2.66. The summed E-state index contributed by atoms with van der Waals surface area (Å²) in [7, 11) is -3.57. The fraction of sp³-hybridized carbons (Fsp3) is 0.455. The van der Waals surface area contributed by atoms with Crippen LogP contribution in [-0.2, 0) is 10.0 Å². The van der Waals surface area contributed by atoms with Crippen molar-refractivity contribution < 1.29 is 8.42 Å². The topological polar surface area (TPSA) is 46.2 Å². The Hall–Kier alpha value is 0.440. The number of halogens is 3. The van der Waals surface area contributed by atoms with Gasteiger partial charge in [-0.05, 0) is 35.5 Å². The molecule has 0 aliphatic heterocycles. The van der Waals surface area contributed by atoms with Gasteiger partial charge in [0.25, 0.3) is 0 Å². The smallest absolute Gasteiger partial charge is 0.211 e. The quantitative estimate of drug-likeness (QED) is 0.412. The van der Waals surface area contributed by atoms with Crippen LogP contribution in [0.2, 0.25) is 10.0 Å². The van der Waals surface area contributed by atoms with Crippen molar-refractivity contribution in [1.82, 2.24) is 4.72 Å². The van der Waals surface area contributed by atoms with E-state index < -0.39 is 10.0 Å². The molecule has 0 fully saturated rings. The van der Waals surface area contributed by atoms with E-state index in [9.17, 15) is 8.42 Å². The molecule has 0 amide bonds. The van der Waals surface area contributed by atoms with Crippen LogP contribution in [-0.4, -0.2) is 19.4 Å². The van der Waals surface area contributed by atoms with Gasteiger partial charge in [0.1, 0.15) is 4.90 Å². The highest BCUT2D eigenvalue weighted by Gasteiger charge is 2.17. The van der Waals surface area contributed by atoms with Crippen molar-refractivity contribution in [3.63, 3.8) is 0 Å². The lowest BCUT2D eigenvalue weighted by molar-refractivity contribution is 0.576. The zero-order chi connectivity index (χ0) is 13.6. The minimum Gasteiger partial charge on any atom is -0.211 e. The Labute approximate surface area is 131 Å². The maximum Gasteiger partial charge on any atom is 0.242 e. The normalized spacial score (nSPS) is 11.7. The average Bonchev–Trinajstić information content (AvgIpc) is 2.32.